The number of nitrogens with one attached hydrogen (secondary N) is 1. The maximum absolute atomic E-state index is 14.4. The summed E-state index contributed by atoms with van der Waals surface area (Å²) in [7, 11) is 1.55. The normalized spacial score (nSPS) is 22.6. The van der Waals surface area contributed by atoms with Crippen molar-refractivity contribution in [3.63, 3.8) is 0 Å². The smallest absolute Gasteiger partial charge is 0.416 e. The summed E-state index contributed by atoms with van der Waals surface area (Å²) in [5, 5.41) is 2.34. The quantitative estimate of drug-likeness (QED) is 0.492. The molecule has 3 aromatic rings. The molecule has 2 saturated heterocycles. The van der Waals surface area contributed by atoms with Gasteiger partial charge in [-0.25, -0.2) is 9.69 Å². The van der Waals surface area contributed by atoms with Gasteiger partial charge in [0.2, 0.25) is 5.91 Å². The molecule has 0 saturated carbocycles. The molecular formula is C29H25F3N4O4. The second-order valence-electron chi connectivity index (χ2n) is 10.1. The zero-order chi connectivity index (χ0) is 28.2. The Balaban J connectivity index is 1.51. The van der Waals surface area contributed by atoms with Crippen LogP contribution in [0.3, 0.4) is 0 Å². The summed E-state index contributed by atoms with van der Waals surface area (Å²) in [6.07, 6.45) is -4.90. The summed E-state index contributed by atoms with van der Waals surface area (Å²) in [6, 6.07) is 17.3. The molecule has 3 aliphatic heterocycles. The Morgan fingerprint density at radius 2 is 1.65 bits per heavy atom. The summed E-state index contributed by atoms with van der Waals surface area (Å²) in [4.78, 5) is 45.9. The number of rotatable bonds is 3. The fraction of sp³-hybridized carbons (Fsp3) is 0.276. The van der Waals surface area contributed by atoms with Gasteiger partial charge in [0, 0.05) is 25.3 Å². The van der Waals surface area contributed by atoms with Crippen LogP contribution in [0.1, 0.15) is 11.1 Å². The SMILES string of the molecule is COc1ccccc1N1CCN2c3ccc(C(F)(F)F)cc3CC3(C(=O)NC(=O)N(c4ccccc4)C3=O)C2C1. The minimum Gasteiger partial charge on any atom is -0.495 e. The molecule has 0 radical (unpaired) electrons. The molecule has 0 bridgehead atoms. The minimum absolute atomic E-state index is 0.191. The maximum Gasteiger partial charge on any atom is 0.416 e. The number of para-hydroxylation sites is 3. The lowest BCUT2D eigenvalue weighted by molar-refractivity contribution is -0.144. The van der Waals surface area contributed by atoms with Gasteiger partial charge in [0.15, 0.2) is 5.41 Å². The van der Waals surface area contributed by atoms with Crippen LogP contribution < -0.4 is 24.8 Å². The molecule has 40 heavy (non-hydrogen) atoms. The van der Waals surface area contributed by atoms with E-state index in [0.717, 1.165) is 22.7 Å². The van der Waals surface area contributed by atoms with Crippen molar-refractivity contribution in [1.82, 2.24) is 5.32 Å². The number of ether oxygens (including phenoxy) is 1. The van der Waals surface area contributed by atoms with E-state index in [9.17, 15) is 27.6 Å². The van der Waals surface area contributed by atoms with Crippen LogP contribution in [-0.4, -0.2) is 50.6 Å². The number of urea groups is 1. The molecular weight excluding hydrogens is 525 g/mol. The Kier molecular flexibility index (Phi) is 5.97. The van der Waals surface area contributed by atoms with Gasteiger partial charge in [-0.15, -0.1) is 0 Å². The minimum atomic E-state index is -4.60. The molecule has 3 heterocycles. The van der Waals surface area contributed by atoms with Crippen molar-refractivity contribution in [2.75, 3.05) is 41.4 Å². The number of amides is 4. The number of barbiturate groups is 1. The number of imide groups is 2. The second-order valence-corrected chi connectivity index (χ2v) is 10.1. The summed E-state index contributed by atoms with van der Waals surface area (Å²) in [5.74, 6) is -0.987. The highest BCUT2D eigenvalue weighted by molar-refractivity contribution is 6.30. The molecule has 6 rings (SSSR count). The molecule has 8 nitrogen and oxygen atoms in total. The number of hydrogen-bond donors (Lipinski definition) is 1. The lowest BCUT2D eigenvalue weighted by atomic mass is 9.67. The van der Waals surface area contributed by atoms with Crippen molar-refractivity contribution in [3.8, 4) is 5.75 Å². The van der Waals surface area contributed by atoms with E-state index in [4.69, 9.17) is 4.74 Å². The predicted molar refractivity (Wildman–Crippen MR) is 141 cm³/mol. The second kappa shape index (κ2) is 9.29. The number of carbonyl (C=O) groups is 3. The summed E-state index contributed by atoms with van der Waals surface area (Å²) < 4.78 is 46.6. The predicted octanol–water partition coefficient (Wildman–Crippen LogP) is 4.23. The van der Waals surface area contributed by atoms with E-state index in [0.29, 0.717) is 24.5 Å². The fourth-order valence-electron chi connectivity index (χ4n) is 6.12. The first-order valence-electron chi connectivity index (χ1n) is 12.7. The van der Waals surface area contributed by atoms with E-state index in [-0.39, 0.29) is 24.2 Å². The van der Waals surface area contributed by atoms with Gasteiger partial charge in [0.25, 0.3) is 5.91 Å². The number of benzene rings is 3. The van der Waals surface area contributed by atoms with Crippen LogP contribution in [-0.2, 0) is 22.2 Å². The third-order valence-corrected chi connectivity index (χ3v) is 7.99. The zero-order valence-electron chi connectivity index (χ0n) is 21.4. The lowest BCUT2D eigenvalue weighted by Crippen LogP contribution is -2.75. The molecule has 2 atom stereocenters. The van der Waals surface area contributed by atoms with E-state index in [2.05, 4.69) is 5.32 Å². The van der Waals surface area contributed by atoms with E-state index in [1.54, 1.807) is 43.5 Å². The topological polar surface area (TPSA) is 82.2 Å². The van der Waals surface area contributed by atoms with Gasteiger partial charge in [-0.2, -0.15) is 13.2 Å². The number of alkyl halides is 3. The monoisotopic (exact) mass is 550 g/mol. The number of nitrogens with zero attached hydrogens (tertiary/aromatic N) is 3. The Morgan fingerprint density at radius 1 is 0.925 bits per heavy atom. The van der Waals surface area contributed by atoms with E-state index in [1.807, 2.05) is 28.0 Å². The van der Waals surface area contributed by atoms with Crippen molar-refractivity contribution in [2.24, 2.45) is 5.41 Å². The number of fused-ring (bicyclic) bond motifs is 4. The number of anilines is 3. The largest absolute Gasteiger partial charge is 0.495 e. The third-order valence-electron chi connectivity index (χ3n) is 7.99. The molecule has 1 spiro atoms. The van der Waals surface area contributed by atoms with Crippen molar-refractivity contribution in [1.29, 1.82) is 0 Å². The Bertz CT molecular complexity index is 1510. The average Bonchev–Trinajstić information content (AvgIpc) is 2.95. The molecule has 2 unspecified atom stereocenters. The van der Waals surface area contributed by atoms with Crippen molar-refractivity contribution < 1.29 is 32.3 Å². The molecule has 2 fully saturated rings. The van der Waals surface area contributed by atoms with Crippen LogP contribution in [0, 0.1) is 5.41 Å². The summed E-state index contributed by atoms with van der Waals surface area (Å²) >= 11 is 0. The maximum atomic E-state index is 14.4. The van der Waals surface area contributed by atoms with Gasteiger partial charge < -0.3 is 14.5 Å². The Morgan fingerprint density at radius 3 is 2.38 bits per heavy atom. The Hall–Kier alpha value is -4.54. The average molecular weight is 551 g/mol. The van der Waals surface area contributed by atoms with Crippen LogP contribution in [0.2, 0.25) is 0 Å². The molecule has 11 heteroatoms. The summed E-state index contributed by atoms with van der Waals surface area (Å²) in [5.41, 5.74) is -0.961. The van der Waals surface area contributed by atoms with Gasteiger partial charge in [-0.3, -0.25) is 14.9 Å². The number of methoxy groups -OCH3 is 1. The standard InChI is InChI=1S/C29H25F3N4O4/c1-40-23-10-6-5-9-22(23)34-13-14-35-21-12-11-19(29(30,31)32)15-18(21)16-28(24(35)17-34)25(37)33-27(39)36(26(28)38)20-7-3-2-4-8-20/h2-12,15,24H,13-14,16-17H2,1H3,(H,33,37,39). The molecule has 206 valence electrons. The first-order valence-corrected chi connectivity index (χ1v) is 12.7. The van der Waals surface area contributed by atoms with Gasteiger partial charge >= 0.3 is 12.2 Å². The van der Waals surface area contributed by atoms with E-state index in [1.165, 1.54) is 6.07 Å². The van der Waals surface area contributed by atoms with E-state index < -0.39 is 41.0 Å². The first-order chi connectivity index (χ1) is 19.1. The van der Waals surface area contributed by atoms with Crippen molar-refractivity contribution >= 4 is 34.9 Å². The lowest BCUT2D eigenvalue weighted by Gasteiger charge is -2.55. The number of halogens is 3. The Labute approximate surface area is 227 Å². The van der Waals surface area contributed by atoms with Gasteiger partial charge in [-0.05, 0) is 54.4 Å². The highest BCUT2D eigenvalue weighted by atomic mass is 19.4. The van der Waals surface area contributed by atoms with Crippen molar-refractivity contribution in [3.05, 3.63) is 83.9 Å². The van der Waals surface area contributed by atoms with Gasteiger partial charge in [-0.1, -0.05) is 30.3 Å². The van der Waals surface area contributed by atoms with Gasteiger partial charge in [0.05, 0.1) is 30.1 Å². The number of hydrogen-bond acceptors (Lipinski definition) is 6. The van der Waals surface area contributed by atoms with E-state index >= 15 is 0 Å². The van der Waals surface area contributed by atoms with Crippen molar-refractivity contribution in [2.45, 2.75) is 18.6 Å². The third kappa shape index (κ3) is 3.87. The highest BCUT2D eigenvalue weighted by Gasteiger charge is 2.63. The number of piperazine rings is 1. The molecule has 1 N–H and O–H groups in total. The molecule has 0 aliphatic carbocycles. The fourth-order valence-corrected chi connectivity index (χ4v) is 6.12. The molecule has 0 aromatic heterocycles. The molecule has 4 amide bonds. The van der Waals surface area contributed by atoms with Crippen LogP contribution in [0.5, 0.6) is 5.75 Å². The van der Waals surface area contributed by atoms with Crippen LogP contribution in [0.15, 0.2) is 72.8 Å². The molecule has 3 aliphatic rings. The molecule has 3 aromatic carbocycles. The highest BCUT2D eigenvalue weighted by Crippen LogP contribution is 2.48. The first kappa shape index (κ1) is 25.7. The summed E-state index contributed by atoms with van der Waals surface area (Å²) in [6.45, 7) is 0.976. The number of carbonyl (C=O) groups excluding carboxylic acids is 3. The van der Waals surface area contributed by atoms with Crippen LogP contribution in [0.25, 0.3) is 0 Å². The van der Waals surface area contributed by atoms with Gasteiger partial charge in [0.1, 0.15) is 5.75 Å². The zero-order valence-corrected chi connectivity index (χ0v) is 21.4. The van der Waals surface area contributed by atoms with Crippen LogP contribution >= 0.6 is 0 Å². The van der Waals surface area contributed by atoms with Crippen LogP contribution in [0.4, 0.5) is 35.0 Å².